The number of rotatable bonds is 7. The van der Waals surface area contributed by atoms with Gasteiger partial charge >= 0.3 is 0 Å². The van der Waals surface area contributed by atoms with Crippen LogP contribution in [0.2, 0.25) is 0 Å². The molecule has 2 nitrogen and oxygen atoms in total. The number of hydrogen-bond donors (Lipinski definition) is 0. The van der Waals surface area contributed by atoms with Crippen LogP contribution in [0.4, 0.5) is 17.1 Å². The molecule has 0 aliphatic rings. The van der Waals surface area contributed by atoms with Crippen LogP contribution >= 0.6 is 11.3 Å². The molecule has 0 fully saturated rings. The molecule has 65 heavy (non-hydrogen) atoms. The lowest BCUT2D eigenvalue weighted by molar-refractivity contribution is 1.18. The predicted octanol–water partition coefficient (Wildman–Crippen LogP) is 17.9. The van der Waals surface area contributed by atoms with E-state index in [9.17, 15) is 0 Å². The Labute approximate surface area is 381 Å². The SMILES string of the molecule is c1ccc(-c2ccc(-n3c4ccccc4c4c5ccccc5ccc43)cc2-c2ccc(N(c3ccc(-c4cccc5ccccc45)cc3)c3ccc4c(c3)sc3ccccc34)cc2)cc1. The Balaban J connectivity index is 0.961. The topological polar surface area (TPSA) is 8.17 Å². The fourth-order valence-corrected chi connectivity index (χ4v) is 11.3. The van der Waals surface area contributed by atoms with E-state index in [1.165, 1.54) is 91.3 Å². The molecule has 3 heteroatoms. The van der Waals surface area contributed by atoms with E-state index in [1.54, 1.807) is 0 Å². The van der Waals surface area contributed by atoms with Gasteiger partial charge in [-0.1, -0.05) is 176 Å². The molecular weight excluding hydrogens is 805 g/mol. The summed E-state index contributed by atoms with van der Waals surface area (Å²) in [5.41, 5.74) is 14.0. The largest absolute Gasteiger partial charge is 0.310 e. The average Bonchev–Trinajstić information content (AvgIpc) is 3.93. The van der Waals surface area contributed by atoms with E-state index in [2.05, 4.69) is 252 Å². The molecule has 304 valence electrons. The molecule has 0 spiro atoms. The van der Waals surface area contributed by atoms with Crippen LogP contribution in [-0.2, 0) is 0 Å². The number of hydrogen-bond acceptors (Lipinski definition) is 2. The van der Waals surface area contributed by atoms with E-state index in [0.717, 1.165) is 28.3 Å². The third-order valence-corrected chi connectivity index (χ3v) is 14.3. The fraction of sp³-hybridized carbons (Fsp3) is 0. The van der Waals surface area contributed by atoms with Gasteiger partial charge in [0.15, 0.2) is 0 Å². The second-order valence-corrected chi connectivity index (χ2v) is 17.9. The van der Waals surface area contributed by atoms with Crippen molar-refractivity contribution >= 4 is 91.9 Å². The van der Waals surface area contributed by atoms with Gasteiger partial charge < -0.3 is 9.47 Å². The molecule has 2 heterocycles. The first kappa shape index (κ1) is 37.3. The minimum atomic E-state index is 1.10. The maximum atomic E-state index is 2.44. The van der Waals surface area contributed by atoms with Crippen molar-refractivity contribution in [3.05, 3.63) is 243 Å². The van der Waals surface area contributed by atoms with Gasteiger partial charge in [0, 0.05) is 53.7 Å². The Bertz CT molecular complexity index is 3930. The Morgan fingerprint density at radius 3 is 1.68 bits per heavy atom. The van der Waals surface area contributed by atoms with Gasteiger partial charge in [0.05, 0.1) is 11.0 Å². The monoisotopic (exact) mass is 844 g/mol. The summed E-state index contributed by atoms with van der Waals surface area (Å²) in [7, 11) is 0. The molecule has 0 aliphatic carbocycles. The zero-order valence-corrected chi connectivity index (χ0v) is 36.2. The quantitative estimate of drug-likeness (QED) is 0.155. The number of thiophene rings is 1. The Morgan fingerprint density at radius 2 is 0.892 bits per heavy atom. The van der Waals surface area contributed by atoms with E-state index >= 15 is 0 Å². The Morgan fingerprint density at radius 1 is 0.308 bits per heavy atom. The van der Waals surface area contributed by atoms with E-state index < -0.39 is 0 Å². The third kappa shape index (κ3) is 6.24. The van der Waals surface area contributed by atoms with Gasteiger partial charge in [-0.3, -0.25) is 0 Å². The molecular formula is C62H40N2S. The van der Waals surface area contributed by atoms with Crippen molar-refractivity contribution in [2.24, 2.45) is 0 Å². The minimum Gasteiger partial charge on any atom is -0.310 e. The average molecular weight is 845 g/mol. The Hall–Kier alpha value is -8.24. The van der Waals surface area contributed by atoms with Crippen molar-refractivity contribution in [2.75, 3.05) is 4.90 Å². The van der Waals surface area contributed by atoms with Crippen LogP contribution in [0.3, 0.4) is 0 Å². The summed E-state index contributed by atoms with van der Waals surface area (Å²) in [6.07, 6.45) is 0. The van der Waals surface area contributed by atoms with Gasteiger partial charge in [-0.2, -0.15) is 0 Å². The van der Waals surface area contributed by atoms with Crippen molar-refractivity contribution in [3.63, 3.8) is 0 Å². The van der Waals surface area contributed by atoms with E-state index in [1.807, 2.05) is 11.3 Å². The van der Waals surface area contributed by atoms with Crippen molar-refractivity contribution in [2.45, 2.75) is 0 Å². The van der Waals surface area contributed by atoms with E-state index in [0.29, 0.717) is 0 Å². The van der Waals surface area contributed by atoms with Crippen LogP contribution in [0.1, 0.15) is 0 Å². The van der Waals surface area contributed by atoms with Gasteiger partial charge in [0.2, 0.25) is 0 Å². The van der Waals surface area contributed by atoms with Crippen LogP contribution in [-0.4, -0.2) is 4.57 Å². The summed E-state index contributed by atoms with van der Waals surface area (Å²) in [6.45, 7) is 0. The van der Waals surface area contributed by atoms with Gasteiger partial charge in [-0.25, -0.2) is 0 Å². The van der Waals surface area contributed by atoms with Crippen LogP contribution in [0.15, 0.2) is 243 Å². The number of para-hydroxylation sites is 1. The Kier molecular flexibility index (Phi) is 8.75. The second-order valence-electron chi connectivity index (χ2n) is 16.9. The fourth-order valence-electron chi connectivity index (χ4n) is 10.2. The normalized spacial score (nSPS) is 11.7. The molecule has 0 saturated heterocycles. The number of aromatic nitrogens is 1. The van der Waals surface area contributed by atoms with Gasteiger partial charge in [0.1, 0.15) is 0 Å². The summed E-state index contributed by atoms with van der Waals surface area (Å²) in [4.78, 5) is 2.40. The highest BCUT2D eigenvalue weighted by Crippen LogP contribution is 2.44. The molecule has 0 amide bonds. The van der Waals surface area contributed by atoms with Crippen LogP contribution in [0.25, 0.3) is 103 Å². The molecule has 2 aromatic heterocycles. The zero-order valence-electron chi connectivity index (χ0n) is 35.4. The van der Waals surface area contributed by atoms with Gasteiger partial charge in [0.25, 0.3) is 0 Å². The summed E-state index contributed by atoms with van der Waals surface area (Å²) in [5.74, 6) is 0. The lowest BCUT2D eigenvalue weighted by atomic mass is 9.93. The maximum absolute atomic E-state index is 2.44. The van der Waals surface area contributed by atoms with Gasteiger partial charge in [-0.15, -0.1) is 11.3 Å². The zero-order chi connectivity index (χ0) is 42.8. The number of nitrogens with zero attached hydrogens (tertiary/aromatic N) is 2. The molecule has 0 saturated carbocycles. The molecule has 11 aromatic carbocycles. The standard InChI is InChI=1S/C62H40N2S/c1-2-13-41(14-3-1)52-36-34-48(64-58-23-10-8-21-56(58)62-53-19-7-5-16-43(53)29-38-59(62)64)39-57(52)45-27-32-47(33-28-45)63(49-35-37-55-54-20-9-11-24-60(54)65-61(55)40-49)46-30-25-44(26-31-46)51-22-12-17-42-15-4-6-18-50(42)51/h1-40H. The third-order valence-electron chi connectivity index (χ3n) is 13.2. The van der Waals surface area contributed by atoms with E-state index in [-0.39, 0.29) is 0 Å². The van der Waals surface area contributed by atoms with Crippen molar-refractivity contribution in [3.8, 4) is 39.1 Å². The number of fused-ring (bicyclic) bond motifs is 9. The van der Waals surface area contributed by atoms with E-state index in [4.69, 9.17) is 0 Å². The molecule has 0 atom stereocenters. The highest BCUT2D eigenvalue weighted by atomic mass is 32.1. The first-order valence-electron chi connectivity index (χ1n) is 22.2. The van der Waals surface area contributed by atoms with Crippen molar-refractivity contribution in [1.29, 1.82) is 0 Å². The molecule has 0 radical (unpaired) electrons. The second kappa shape index (κ2) is 15.2. The first-order chi connectivity index (χ1) is 32.2. The summed E-state index contributed by atoms with van der Waals surface area (Å²) < 4.78 is 5.03. The number of anilines is 3. The lowest BCUT2D eigenvalue weighted by Gasteiger charge is -2.26. The maximum Gasteiger partial charge on any atom is 0.0547 e. The smallest absolute Gasteiger partial charge is 0.0547 e. The predicted molar refractivity (Wildman–Crippen MR) is 280 cm³/mol. The van der Waals surface area contributed by atoms with Crippen LogP contribution < -0.4 is 4.90 Å². The first-order valence-corrected chi connectivity index (χ1v) is 23.1. The minimum absolute atomic E-state index is 1.10. The summed E-state index contributed by atoms with van der Waals surface area (Å²) >= 11 is 1.86. The molecule has 13 rings (SSSR count). The molecule has 0 N–H and O–H groups in total. The number of benzene rings is 11. The van der Waals surface area contributed by atoms with Crippen LogP contribution in [0, 0.1) is 0 Å². The molecule has 0 unspecified atom stereocenters. The highest BCUT2D eigenvalue weighted by molar-refractivity contribution is 7.25. The van der Waals surface area contributed by atoms with Crippen LogP contribution in [0.5, 0.6) is 0 Å². The highest BCUT2D eigenvalue weighted by Gasteiger charge is 2.19. The molecule has 13 aromatic rings. The lowest BCUT2D eigenvalue weighted by Crippen LogP contribution is -2.09. The van der Waals surface area contributed by atoms with Gasteiger partial charge in [-0.05, 0) is 122 Å². The summed E-state index contributed by atoms with van der Waals surface area (Å²) in [5, 5.41) is 10.2. The summed E-state index contributed by atoms with van der Waals surface area (Å²) in [6, 6.07) is 89.0. The van der Waals surface area contributed by atoms with Crippen molar-refractivity contribution < 1.29 is 0 Å². The van der Waals surface area contributed by atoms with Crippen molar-refractivity contribution in [1.82, 2.24) is 4.57 Å². The molecule has 0 aliphatic heterocycles. The molecule has 0 bridgehead atoms.